The summed E-state index contributed by atoms with van der Waals surface area (Å²) in [6, 6.07) is 10.7. The molecule has 5 rings (SSSR count). The van der Waals surface area contributed by atoms with E-state index in [1.165, 1.54) is 29.8 Å². The maximum atomic E-state index is 13.7. The van der Waals surface area contributed by atoms with Gasteiger partial charge in [-0.15, -0.1) is 6.58 Å². The lowest BCUT2D eigenvalue weighted by molar-refractivity contribution is 0.0311. The fraction of sp³-hybridized carbons (Fsp3) is 0.391. The molecule has 0 unspecified atom stereocenters. The Hall–Kier alpha value is -1.50. The second-order valence-corrected chi connectivity index (χ2v) is 11.6. The molecule has 3 aliphatic rings. The van der Waals surface area contributed by atoms with Crippen LogP contribution in [0.2, 0.25) is 0 Å². The third-order valence-electron chi connectivity index (χ3n) is 6.28. The number of hydrogen-bond acceptors (Lipinski definition) is 2. The molecule has 0 radical (unpaired) electrons. The molecule has 0 amide bonds. The van der Waals surface area contributed by atoms with E-state index in [-0.39, 0.29) is 28.3 Å². The van der Waals surface area contributed by atoms with Crippen molar-refractivity contribution < 1.29 is 12.8 Å². The summed E-state index contributed by atoms with van der Waals surface area (Å²) in [4.78, 5) is 0.132. The maximum absolute atomic E-state index is 13.7. The Balaban J connectivity index is 1.94. The average molecular weight is 478 g/mol. The van der Waals surface area contributed by atoms with Crippen molar-refractivity contribution in [1.29, 1.82) is 0 Å². The van der Waals surface area contributed by atoms with Crippen LogP contribution in [0.3, 0.4) is 0 Å². The second kappa shape index (κ2) is 7.03. The second-order valence-electron chi connectivity index (χ2n) is 8.95. The van der Waals surface area contributed by atoms with Crippen LogP contribution in [0.25, 0.3) is 0 Å². The molecule has 3 atom stereocenters. The Morgan fingerprint density at radius 1 is 1.24 bits per heavy atom. The van der Waals surface area contributed by atoms with Gasteiger partial charge in [-0.05, 0) is 66.6 Å². The SMILES string of the molecule is C=C(C)C[C@H]1[C@H]2c3c(Br)cccc3[C@H](CC2(C)C)N1S(=O)(=O)c1ccc(F)cc1. The quantitative estimate of drug-likeness (QED) is 0.492. The lowest BCUT2D eigenvalue weighted by Gasteiger charge is -2.58. The zero-order valence-corrected chi connectivity index (χ0v) is 19.2. The molecule has 2 aromatic carbocycles. The van der Waals surface area contributed by atoms with Gasteiger partial charge in [-0.25, -0.2) is 12.8 Å². The van der Waals surface area contributed by atoms with E-state index in [9.17, 15) is 12.8 Å². The molecule has 2 aromatic rings. The monoisotopic (exact) mass is 477 g/mol. The highest BCUT2D eigenvalue weighted by atomic mass is 79.9. The van der Waals surface area contributed by atoms with Crippen molar-refractivity contribution in [3.05, 3.63) is 76.0 Å². The minimum Gasteiger partial charge on any atom is -0.207 e. The highest BCUT2D eigenvalue weighted by Crippen LogP contribution is 2.62. The number of rotatable bonds is 4. The molecule has 0 saturated carbocycles. The number of sulfonamides is 1. The average Bonchev–Trinajstić information content (AvgIpc) is 2.61. The molecule has 2 heterocycles. The Bertz CT molecular complexity index is 1080. The predicted molar refractivity (Wildman–Crippen MR) is 117 cm³/mol. The van der Waals surface area contributed by atoms with E-state index in [2.05, 4.69) is 36.4 Å². The normalized spacial score (nSPS) is 25.6. The molecule has 2 bridgehead atoms. The Morgan fingerprint density at radius 3 is 2.52 bits per heavy atom. The van der Waals surface area contributed by atoms with Crippen molar-refractivity contribution in [2.45, 2.75) is 56.5 Å². The smallest absolute Gasteiger partial charge is 0.207 e. The molecular weight excluding hydrogens is 453 g/mol. The largest absolute Gasteiger partial charge is 0.243 e. The summed E-state index contributed by atoms with van der Waals surface area (Å²) in [5.41, 5.74) is 3.17. The molecule has 29 heavy (non-hydrogen) atoms. The van der Waals surface area contributed by atoms with Crippen molar-refractivity contribution in [2.75, 3.05) is 0 Å². The molecule has 0 aromatic heterocycles. The van der Waals surface area contributed by atoms with Gasteiger partial charge in [0.2, 0.25) is 10.0 Å². The Labute approximate surface area is 180 Å². The zero-order chi connectivity index (χ0) is 21.1. The topological polar surface area (TPSA) is 37.4 Å². The van der Waals surface area contributed by atoms with E-state index in [0.29, 0.717) is 6.42 Å². The molecule has 0 N–H and O–H groups in total. The van der Waals surface area contributed by atoms with Gasteiger partial charge in [0, 0.05) is 16.4 Å². The van der Waals surface area contributed by atoms with E-state index in [1.54, 1.807) is 4.31 Å². The summed E-state index contributed by atoms with van der Waals surface area (Å²) in [6.45, 7) is 10.5. The van der Waals surface area contributed by atoms with Crippen molar-refractivity contribution >= 4 is 26.0 Å². The van der Waals surface area contributed by atoms with E-state index < -0.39 is 15.8 Å². The summed E-state index contributed by atoms with van der Waals surface area (Å²) in [6.07, 6.45) is 1.33. The third-order valence-corrected chi connectivity index (χ3v) is 8.92. The zero-order valence-electron chi connectivity index (χ0n) is 16.8. The predicted octanol–water partition coefficient (Wildman–Crippen LogP) is 6.18. The fourth-order valence-electron chi connectivity index (χ4n) is 5.26. The van der Waals surface area contributed by atoms with Gasteiger partial charge in [0.15, 0.2) is 0 Å². The van der Waals surface area contributed by atoms with Crippen molar-refractivity contribution in [2.24, 2.45) is 5.41 Å². The van der Waals surface area contributed by atoms with Crippen LogP contribution in [0.5, 0.6) is 0 Å². The van der Waals surface area contributed by atoms with Gasteiger partial charge in [0.1, 0.15) is 5.82 Å². The molecule has 6 heteroatoms. The maximum Gasteiger partial charge on any atom is 0.243 e. The number of fused-ring (bicyclic) bond motifs is 2. The molecule has 3 nitrogen and oxygen atoms in total. The van der Waals surface area contributed by atoms with E-state index >= 15 is 0 Å². The van der Waals surface area contributed by atoms with Gasteiger partial charge in [0.25, 0.3) is 0 Å². The molecule has 2 aliphatic heterocycles. The van der Waals surface area contributed by atoms with Gasteiger partial charge in [-0.3, -0.25) is 0 Å². The van der Waals surface area contributed by atoms with E-state index in [0.717, 1.165) is 22.0 Å². The minimum atomic E-state index is -3.80. The summed E-state index contributed by atoms with van der Waals surface area (Å²) < 4.78 is 43.6. The highest BCUT2D eigenvalue weighted by Gasteiger charge is 2.57. The summed E-state index contributed by atoms with van der Waals surface area (Å²) in [5.74, 6) is -0.414. The molecule has 1 fully saturated rings. The lowest BCUT2D eigenvalue weighted by Crippen LogP contribution is -2.58. The van der Waals surface area contributed by atoms with Gasteiger partial charge in [0.05, 0.1) is 10.9 Å². The first kappa shape index (κ1) is 20.8. The van der Waals surface area contributed by atoms with Crippen molar-refractivity contribution in [3.8, 4) is 0 Å². The van der Waals surface area contributed by atoms with E-state index in [1.807, 2.05) is 25.1 Å². The standard InChI is InChI=1S/C23H25BrFNO2S/c1-14(2)12-19-22-21-17(6-5-7-18(21)24)20(13-23(22,3)4)26(19)29(27,28)16-10-8-15(25)9-11-16/h5-11,19-20,22H,1,12-13H2,2-4H3/t19-,20-,22-/m0/s1. The van der Waals surface area contributed by atoms with Crippen LogP contribution in [-0.2, 0) is 10.0 Å². The Kier molecular flexibility index (Phi) is 5.03. The van der Waals surface area contributed by atoms with Crippen LogP contribution in [0.1, 0.15) is 56.7 Å². The minimum absolute atomic E-state index is 0.0324. The summed E-state index contributed by atoms with van der Waals surface area (Å²) in [7, 11) is -3.80. The van der Waals surface area contributed by atoms with Gasteiger partial charge >= 0.3 is 0 Å². The molecule has 154 valence electrons. The van der Waals surface area contributed by atoms with Crippen LogP contribution < -0.4 is 0 Å². The number of halogens is 2. The van der Waals surface area contributed by atoms with Crippen LogP contribution >= 0.6 is 15.9 Å². The first-order valence-corrected chi connectivity index (χ1v) is 12.0. The molecular formula is C23H25BrFNO2S. The number of piperidine rings is 1. The van der Waals surface area contributed by atoms with Crippen LogP contribution in [0.15, 0.2) is 64.0 Å². The number of nitrogens with zero attached hydrogens (tertiary/aromatic N) is 1. The van der Waals surface area contributed by atoms with Crippen LogP contribution in [-0.4, -0.2) is 18.8 Å². The third kappa shape index (κ3) is 3.29. The molecule has 1 aliphatic carbocycles. The van der Waals surface area contributed by atoms with Gasteiger partial charge < -0.3 is 0 Å². The van der Waals surface area contributed by atoms with Gasteiger partial charge in [-0.2, -0.15) is 4.31 Å². The first-order valence-electron chi connectivity index (χ1n) is 9.76. The summed E-state index contributed by atoms with van der Waals surface area (Å²) in [5, 5.41) is 0. The van der Waals surface area contributed by atoms with Crippen molar-refractivity contribution in [1.82, 2.24) is 4.31 Å². The van der Waals surface area contributed by atoms with Crippen molar-refractivity contribution in [3.63, 3.8) is 0 Å². The van der Waals surface area contributed by atoms with E-state index in [4.69, 9.17) is 0 Å². The summed E-state index contributed by atoms with van der Waals surface area (Å²) >= 11 is 3.72. The first-order chi connectivity index (χ1) is 13.5. The Morgan fingerprint density at radius 2 is 1.90 bits per heavy atom. The van der Waals surface area contributed by atoms with Crippen LogP contribution in [0, 0.1) is 11.2 Å². The molecule has 1 saturated heterocycles. The lowest BCUT2D eigenvalue weighted by atomic mass is 9.58. The number of hydrogen-bond donors (Lipinski definition) is 0. The highest BCUT2D eigenvalue weighted by molar-refractivity contribution is 9.10. The fourth-order valence-corrected chi connectivity index (χ4v) is 7.68. The number of benzene rings is 2. The van der Waals surface area contributed by atoms with Gasteiger partial charge in [-0.1, -0.05) is 47.5 Å². The molecule has 0 spiro atoms. The van der Waals surface area contributed by atoms with Crippen LogP contribution in [0.4, 0.5) is 4.39 Å².